The van der Waals surface area contributed by atoms with E-state index in [2.05, 4.69) is 34.4 Å². The minimum atomic E-state index is -4.73. The van der Waals surface area contributed by atoms with E-state index < -0.39 is 39.8 Å². The lowest BCUT2D eigenvalue weighted by Crippen LogP contribution is -2.49. The number of carbonyl (C=O) groups excluding carboxylic acids is 2. The van der Waals surface area contributed by atoms with E-state index in [4.69, 9.17) is 9.47 Å². The summed E-state index contributed by atoms with van der Waals surface area (Å²) in [4.78, 5) is 28.3. The highest BCUT2D eigenvalue weighted by molar-refractivity contribution is 7.94. The quantitative estimate of drug-likeness (QED) is 0.326. The third-order valence-electron chi connectivity index (χ3n) is 10.3. The molecule has 0 saturated heterocycles. The van der Waals surface area contributed by atoms with Crippen LogP contribution in [0.3, 0.4) is 0 Å². The summed E-state index contributed by atoms with van der Waals surface area (Å²) in [6.07, 6.45) is 3.24. The summed E-state index contributed by atoms with van der Waals surface area (Å²) in [6, 6.07) is 11.7. The number of methoxy groups -OCH3 is 1. The monoisotopic (exact) mass is 672 g/mol. The minimum absolute atomic E-state index is 0.119. The number of anilines is 1. The smallest absolute Gasteiger partial charge is 0.395 e. The molecule has 2 aliphatic heterocycles. The maximum atomic E-state index is 13.9. The standard InChI is InChI=1S/C36H43F3N2O5S/c1-24-9-13-30-25(17-24)7-6-15-35(30)22-41-20-27-10-12-29(27)32(45-2)8-4-3-5-16-47(44,21-28(42)19-36(37,38)39)40-34(43)26-11-14-33(46-23-35)31(41)18-26/h4,8-9,11,13-14,17-18,27,29,32H,3,5-7,10,12,15-16,19-23H2,1-2H3/b8-4+/t27-,29+,32-,35-,47+/m0/s1. The molecule has 0 unspecified atom stereocenters. The van der Waals surface area contributed by atoms with Crippen LogP contribution in [0.25, 0.3) is 0 Å². The van der Waals surface area contributed by atoms with Crippen LogP contribution in [0.5, 0.6) is 5.75 Å². The Kier molecular flexibility index (Phi) is 9.60. The molecule has 2 aromatic rings. The number of Topliss-reactive ketones (excluding diaryl/α,β-unsaturated/α-hetero) is 1. The number of ether oxygens (including phenoxy) is 2. The van der Waals surface area contributed by atoms with Gasteiger partial charge in [0.2, 0.25) is 0 Å². The predicted octanol–water partition coefficient (Wildman–Crippen LogP) is 6.99. The molecular formula is C36H43F3N2O5S. The van der Waals surface area contributed by atoms with Gasteiger partial charge in [-0.15, -0.1) is 0 Å². The van der Waals surface area contributed by atoms with Crippen molar-refractivity contribution in [3.05, 3.63) is 70.8 Å². The molecule has 7 nitrogen and oxygen atoms in total. The predicted molar refractivity (Wildman–Crippen MR) is 176 cm³/mol. The van der Waals surface area contributed by atoms with E-state index in [1.807, 2.05) is 12.2 Å². The summed E-state index contributed by atoms with van der Waals surface area (Å²) in [6.45, 7) is 4.01. The van der Waals surface area contributed by atoms with Gasteiger partial charge in [-0.1, -0.05) is 35.9 Å². The van der Waals surface area contributed by atoms with Gasteiger partial charge in [0.05, 0.1) is 33.9 Å². The number of allylic oxidation sites excluding steroid dienone is 1. The van der Waals surface area contributed by atoms with Crippen LogP contribution in [0, 0.1) is 18.8 Å². The van der Waals surface area contributed by atoms with Crippen LogP contribution in [0.1, 0.15) is 72.0 Å². The van der Waals surface area contributed by atoms with Gasteiger partial charge in [-0.25, -0.2) is 4.21 Å². The summed E-state index contributed by atoms with van der Waals surface area (Å²) < 4.78 is 69.3. The molecule has 1 fully saturated rings. The molecule has 0 radical (unpaired) electrons. The van der Waals surface area contributed by atoms with Gasteiger partial charge in [-0.3, -0.25) is 9.59 Å². The van der Waals surface area contributed by atoms with E-state index in [0.29, 0.717) is 37.7 Å². The topological polar surface area (TPSA) is 85.3 Å². The molecule has 2 heterocycles. The Hall–Kier alpha value is -3.18. The first kappa shape index (κ1) is 33.7. The van der Waals surface area contributed by atoms with Crippen molar-refractivity contribution in [3.8, 4) is 5.75 Å². The molecule has 2 aliphatic carbocycles. The van der Waals surface area contributed by atoms with Crippen molar-refractivity contribution in [2.24, 2.45) is 16.2 Å². The summed E-state index contributed by atoms with van der Waals surface area (Å²) in [7, 11) is -1.90. The van der Waals surface area contributed by atoms with Crippen molar-refractivity contribution < 1.29 is 36.4 Å². The molecule has 2 aromatic carbocycles. The maximum Gasteiger partial charge on any atom is 0.395 e. The maximum absolute atomic E-state index is 13.9. The lowest BCUT2D eigenvalue weighted by Gasteiger charge is -2.46. The number of hydrogen-bond acceptors (Lipinski definition) is 6. The Labute approximate surface area is 275 Å². The Morgan fingerprint density at radius 3 is 2.74 bits per heavy atom. The number of fused-ring (bicyclic) bond motifs is 4. The second kappa shape index (κ2) is 13.4. The summed E-state index contributed by atoms with van der Waals surface area (Å²) >= 11 is 0. The zero-order chi connectivity index (χ0) is 33.4. The second-order valence-electron chi connectivity index (χ2n) is 13.8. The Morgan fingerprint density at radius 2 is 2.00 bits per heavy atom. The highest BCUT2D eigenvalue weighted by atomic mass is 32.2. The van der Waals surface area contributed by atoms with Gasteiger partial charge in [0, 0.05) is 36.9 Å². The second-order valence-corrected chi connectivity index (χ2v) is 16.2. The summed E-state index contributed by atoms with van der Waals surface area (Å²) in [5.41, 5.74) is 4.51. The van der Waals surface area contributed by atoms with Crippen molar-refractivity contribution in [2.45, 2.75) is 76.0 Å². The summed E-state index contributed by atoms with van der Waals surface area (Å²) in [5, 5.41) is 0. The number of halogens is 3. The van der Waals surface area contributed by atoms with Crippen LogP contribution in [0.2, 0.25) is 0 Å². The largest absolute Gasteiger partial charge is 0.490 e. The van der Waals surface area contributed by atoms with E-state index in [-0.39, 0.29) is 28.8 Å². The van der Waals surface area contributed by atoms with Crippen molar-refractivity contribution in [2.75, 3.05) is 43.2 Å². The van der Waals surface area contributed by atoms with Gasteiger partial charge in [0.15, 0.2) is 5.78 Å². The fourth-order valence-corrected chi connectivity index (χ4v) is 9.81. The molecule has 1 spiro atoms. The molecule has 47 heavy (non-hydrogen) atoms. The molecule has 2 bridgehead atoms. The number of ketones is 1. The number of benzene rings is 2. The van der Waals surface area contributed by atoms with Crippen LogP contribution < -0.4 is 9.64 Å². The molecule has 11 heteroatoms. The number of aryl methyl sites for hydroxylation is 2. The molecular weight excluding hydrogens is 629 g/mol. The minimum Gasteiger partial charge on any atom is -0.490 e. The third kappa shape index (κ3) is 7.46. The lowest BCUT2D eigenvalue weighted by atomic mass is 9.68. The van der Waals surface area contributed by atoms with Crippen LogP contribution in [-0.4, -0.2) is 66.5 Å². The Balaban J connectivity index is 1.42. The SMILES string of the molecule is CO[C@H]1/C=C/CCC[S@@](=O)(CC(=O)CC(F)(F)F)=NC(=O)c2ccc3c(c2)N(C[C@@H]2CC[C@H]21)C[C@@]1(CCCc2cc(C)ccc21)CO3. The molecule has 1 saturated carbocycles. The highest BCUT2D eigenvalue weighted by Gasteiger charge is 2.44. The van der Waals surface area contributed by atoms with E-state index in [9.17, 15) is 27.0 Å². The van der Waals surface area contributed by atoms with Crippen LogP contribution in [0.4, 0.5) is 18.9 Å². The third-order valence-corrected chi connectivity index (χ3v) is 12.5. The fraction of sp³-hybridized carbons (Fsp3) is 0.556. The Morgan fingerprint density at radius 1 is 1.17 bits per heavy atom. The number of carbonyl (C=O) groups is 2. The number of rotatable bonds is 4. The van der Waals surface area contributed by atoms with Crippen molar-refractivity contribution >= 4 is 27.1 Å². The number of nitrogens with zero attached hydrogens (tertiary/aromatic N) is 2. The van der Waals surface area contributed by atoms with Gasteiger partial charge in [0.1, 0.15) is 12.2 Å². The normalized spacial score (nSPS) is 30.2. The van der Waals surface area contributed by atoms with Gasteiger partial charge in [0.25, 0.3) is 5.91 Å². The van der Waals surface area contributed by atoms with Gasteiger partial charge in [-0.05, 0) is 93.0 Å². The number of hydrogen-bond donors (Lipinski definition) is 0. The van der Waals surface area contributed by atoms with Gasteiger partial charge < -0.3 is 14.4 Å². The van der Waals surface area contributed by atoms with E-state index >= 15 is 0 Å². The van der Waals surface area contributed by atoms with Crippen LogP contribution in [-0.2, 0) is 31.1 Å². The van der Waals surface area contributed by atoms with Crippen molar-refractivity contribution in [3.63, 3.8) is 0 Å². The van der Waals surface area contributed by atoms with Gasteiger partial charge >= 0.3 is 6.18 Å². The van der Waals surface area contributed by atoms with E-state index in [0.717, 1.165) is 44.3 Å². The number of alkyl halides is 3. The fourth-order valence-electron chi connectivity index (χ4n) is 7.88. The van der Waals surface area contributed by atoms with E-state index in [1.54, 1.807) is 25.3 Å². The number of amides is 1. The first-order valence-corrected chi connectivity index (χ1v) is 18.4. The molecule has 1 amide bonds. The first-order valence-electron chi connectivity index (χ1n) is 16.5. The average Bonchev–Trinajstić information content (AvgIpc) is 3.13. The van der Waals surface area contributed by atoms with Crippen LogP contribution >= 0.6 is 0 Å². The van der Waals surface area contributed by atoms with E-state index in [1.165, 1.54) is 16.7 Å². The zero-order valence-electron chi connectivity index (χ0n) is 27.0. The van der Waals surface area contributed by atoms with Crippen molar-refractivity contribution in [1.29, 1.82) is 0 Å². The summed E-state index contributed by atoms with van der Waals surface area (Å²) in [5.74, 6) is -1.86. The average molecular weight is 673 g/mol. The van der Waals surface area contributed by atoms with Gasteiger partial charge in [-0.2, -0.15) is 17.5 Å². The molecule has 0 N–H and O–H groups in total. The highest BCUT2D eigenvalue weighted by Crippen LogP contribution is 2.47. The molecule has 6 rings (SSSR count). The first-order chi connectivity index (χ1) is 22.4. The molecule has 254 valence electrons. The molecule has 4 aliphatic rings. The van der Waals surface area contributed by atoms with Crippen molar-refractivity contribution in [1.82, 2.24) is 0 Å². The lowest BCUT2D eigenvalue weighted by molar-refractivity contribution is -0.150. The molecule has 0 aromatic heterocycles. The zero-order valence-corrected chi connectivity index (χ0v) is 27.8. The Bertz CT molecular complexity index is 1680. The molecule has 5 atom stereocenters. The van der Waals surface area contributed by atoms with Crippen LogP contribution in [0.15, 0.2) is 52.9 Å².